The van der Waals surface area contributed by atoms with Crippen molar-refractivity contribution < 1.29 is 32.9 Å². The Morgan fingerprint density at radius 2 is 2.22 bits per heavy atom. The highest BCUT2D eigenvalue weighted by Crippen LogP contribution is 1.86. The number of halogens is 2. The Labute approximate surface area is 70.5 Å². The number of nitrogens with zero attached hydrogens (tertiary/aromatic N) is 1. The minimum atomic E-state index is -0.199. The van der Waals surface area contributed by atoms with E-state index in [0.29, 0.717) is 0 Å². The zero-order valence-electron chi connectivity index (χ0n) is 5.01. The first-order chi connectivity index (χ1) is 3.79. The first-order valence-corrected chi connectivity index (χ1v) is 2.40. The predicted molar refractivity (Wildman–Crippen MR) is 27.6 cm³/mol. The van der Waals surface area contributed by atoms with Crippen LogP contribution in [0.3, 0.4) is 0 Å². The molecule has 1 aromatic heterocycles. The molecule has 1 rings (SSSR count). The summed E-state index contributed by atoms with van der Waals surface area (Å²) in [6.45, 7) is 0. The molecule has 0 aliphatic carbocycles. The van der Waals surface area contributed by atoms with Crippen LogP contribution in [0.25, 0.3) is 0 Å². The molecule has 1 heterocycles. The van der Waals surface area contributed by atoms with Gasteiger partial charge in [-0.1, -0.05) is 0 Å². The maximum atomic E-state index is 12.1. The van der Waals surface area contributed by atoms with Gasteiger partial charge in [0.2, 0.25) is 6.20 Å². The number of aromatic nitrogens is 1. The normalized spacial score (nSPS) is 8.22. The number of hydrogen-bond acceptors (Lipinski definition) is 0. The van der Waals surface area contributed by atoms with Crippen molar-refractivity contribution in [1.29, 1.82) is 0 Å². The summed E-state index contributed by atoms with van der Waals surface area (Å²) in [5.41, 5.74) is 0. The predicted octanol–water partition coefficient (Wildman–Crippen LogP) is -2.35. The Morgan fingerprint density at radius 1 is 1.56 bits per heavy atom. The molecular formula is C6H7FIN. The fraction of sp³-hybridized carbons (Fsp3) is 0.167. The molecule has 1 aromatic rings. The second kappa shape index (κ2) is 3.76. The summed E-state index contributed by atoms with van der Waals surface area (Å²) in [5, 5.41) is 0. The highest BCUT2D eigenvalue weighted by atomic mass is 127. The lowest BCUT2D eigenvalue weighted by molar-refractivity contribution is -0.673. The smallest absolute Gasteiger partial charge is 0.204 e. The molecule has 0 N–H and O–H groups in total. The maximum absolute atomic E-state index is 12.1. The summed E-state index contributed by atoms with van der Waals surface area (Å²) in [5.74, 6) is -0.199. The highest BCUT2D eigenvalue weighted by Gasteiger charge is 1.91. The van der Waals surface area contributed by atoms with Crippen molar-refractivity contribution >= 4 is 0 Å². The molecule has 3 heteroatoms. The van der Waals surface area contributed by atoms with Crippen LogP contribution in [0.4, 0.5) is 4.39 Å². The van der Waals surface area contributed by atoms with Crippen LogP contribution >= 0.6 is 0 Å². The zero-order chi connectivity index (χ0) is 5.98. The van der Waals surface area contributed by atoms with Gasteiger partial charge in [0.1, 0.15) is 7.05 Å². The van der Waals surface area contributed by atoms with Crippen molar-refractivity contribution in [2.24, 2.45) is 7.05 Å². The second-order valence-electron chi connectivity index (χ2n) is 1.69. The van der Waals surface area contributed by atoms with Crippen LogP contribution in [-0.2, 0) is 7.05 Å². The number of rotatable bonds is 0. The fourth-order valence-electron chi connectivity index (χ4n) is 0.551. The van der Waals surface area contributed by atoms with E-state index in [1.54, 1.807) is 23.9 Å². The van der Waals surface area contributed by atoms with E-state index in [4.69, 9.17) is 0 Å². The van der Waals surface area contributed by atoms with Crippen LogP contribution in [0.1, 0.15) is 0 Å². The molecule has 0 unspecified atom stereocenters. The van der Waals surface area contributed by atoms with Crippen LogP contribution in [0, 0.1) is 5.82 Å². The van der Waals surface area contributed by atoms with E-state index in [-0.39, 0.29) is 29.8 Å². The van der Waals surface area contributed by atoms with Gasteiger partial charge in [0.05, 0.1) is 0 Å². The van der Waals surface area contributed by atoms with Crippen molar-refractivity contribution in [2.45, 2.75) is 0 Å². The van der Waals surface area contributed by atoms with E-state index in [1.807, 2.05) is 0 Å². The highest BCUT2D eigenvalue weighted by molar-refractivity contribution is 4.87. The first-order valence-electron chi connectivity index (χ1n) is 2.40. The first kappa shape index (κ1) is 8.81. The lowest BCUT2D eigenvalue weighted by atomic mass is 10.5. The molecule has 0 saturated heterocycles. The van der Waals surface area contributed by atoms with Crippen LogP contribution in [0.5, 0.6) is 0 Å². The Morgan fingerprint density at radius 3 is 2.56 bits per heavy atom. The van der Waals surface area contributed by atoms with Crippen LogP contribution in [0.15, 0.2) is 24.5 Å². The molecule has 1 nitrogen and oxygen atoms in total. The molecule has 0 saturated carbocycles. The fourth-order valence-corrected chi connectivity index (χ4v) is 0.551. The van der Waals surface area contributed by atoms with E-state index >= 15 is 0 Å². The molecule has 0 fully saturated rings. The summed E-state index contributed by atoms with van der Waals surface area (Å²) < 4.78 is 13.8. The molecule has 0 aliphatic rings. The number of pyridine rings is 1. The molecule has 0 amide bonds. The summed E-state index contributed by atoms with van der Waals surface area (Å²) in [6, 6.07) is 3.08. The van der Waals surface area contributed by atoms with Gasteiger partial charge < -0.3 is 24.0 Å². The molecular weight excluding hydrogens is 232 g/mol. The number of aryl methyl sites for hydroxylation is 1. The quantitative estimate of drug-likeness (QED) is 0.352. The van der Waals surface area contributed by atoms with Crippen molar-refractivity contribution in [3.05, 3.63) is 30.3 Å². The lowest BCUT2D eigenvalue weighted by Crippen LogP contribution is -3.00. The van der Waals surface area contributed by atoms with Gasteiger partial charge in [0.15, 0.2) is 12.0 Å². The zero-order valence-corrected chi connectivity index (χ0v) is 7.17. The molecule has 50 valence electrons. The summed E-state index contributed by atoms with van der Waals surface area (Å²) >= 11 is 0. The Bertz CT molecular complexity index is 173. The van der Waals surface area contributed by atoms with Crippen LogP contribution in [-0.4, -0.2) is 0 Å². The lowest BCUT2D eigenvalue weighted by Gasteiger charge is -1.82. The second-order valence-corrected chi connectivity index (χ2v) is 1.69. The van der Waals surface area contributed by atoms with Crippen LogP contribution in [0.2, 0.25) is 0 Å². The average Bonchev–Trinajstić information content (AvgIpc) is 1.64. The van der Waals surface area contributed by atoms with E-state index in [2.05, 4.69) is 0 Å². The van der Waals surface area contributed by atoms with Gasteiger partial charge in [0.25, 0.3) is 0 Å². The Hall–Kier alpha value is -0.190. The maximum Gasteiger partial charge on any atom is 0.204 e. The molecule has 9 heavy (non-hydrogen) atoms. The third kappa shape index (κ3) is 2.74. The molecule has 0 bridgehead atoms. The SMILES string of the molecule is C[n+]1cccc(F)c1.[I-]. The summed E-state index contributed by atoms with van der Waals surface area (Å²) in [7, 11) is 1.78. The molecule has 0 aliphatic heterocycles. The van der Waals surface area contributed by atoms with Crippen molar-refractivity contribution in [3.8, 4) is 0 Å². The topological polar surface area (TPSA) is 3.88 Å². The number of hydrogen-bond donors (Lipinski definition) is 0. The van der Waals surface area contributed by atoms with E-state index < -0.39 is 0 Å². The minimum absolute atomic E-state index is 0. The standard InChI is InChI=1S/C6H7FN.HI/c1-8-4-2-3-6(7)5-8;/h2-5H,1H3;1H/q+1;/p-1. The van der Waals surface area contributed by atoms with Gasteiger partial charge >= 0.3 is 0 Å². The van der Waals surface area contributed by atoms with Crippen molar-refractivity contribution in [1.82, 2.24) is 0 Å². The largest absolute Gasteiger partial charge is 1.00 e. The van der Waals surface area contributed by atoms with Gasteiger partial charge in [-0.3, -0.25) is 0 Å². The Balaban J connectivity index is 0.000000640. The van der Waals surface area contributed by atoms with Crippen molar-refractivity contribution in [2.75, 3.05) is 0 Å². The Kier molecular flexibility index (Phi) is 3.68. The van der Waals surface area contributed by atoms with Gasteiger partial charge in [-0.05, 0) is 6.07 Å². The minimum Gasteiger partial charge on any atom is -1.00 e. The average molecular weight is 239 g/mol. The molecule has 0 spiro atoms. The van der Waals surface area contributed by atoms with E-state index in [9.17, 15) is 4.39 Å². The van der Waals surface area contributed by atoms with Crippen molar-refractivity contribution in [3.63, 3.8) is 0 Å². The third-order valence-electron chi connectivity index (χ3n) is 0.904. The molecule has 0 radical (unpaired) electrons. The van der Waals surface area contributed by atoms with E-state index in [1.165, 1.54) is 12.3 Å². The summed E-state index contributed by atoms with van der Waals surface area (Å²) in [4.78, 5) is 0. The monoisotopic (exact) mass is 239 g/mol. The third-order valence-corrected chi connectivity index (χ3v) is 0.904. The molecule has 0 atom stereocenters. The van der Waals surface area contributed by atoms with Gasteiger partial charge in [-0.2, -0.15) is 0 Å². The summed E-state index contributed by atoms with van der Waals surface area (Å²) in [6.07, 6.45) is 3.20. The van der Waals surface area contributed by atoms with Gasteiger partial charge in [-0.25, -0.2) is 8.96 Å². The van der Waals surface area contributed by atoms with Gasteiger partial charge in [-0.15, -0.1) is 0 Å². The van der Waals surface area contributed by atoms with E-state index in [0.717, 1.165) is 0 Å². The van der Waals surface area contributed by atoms with Crippen LogP contribution < -0.4 is 28.5 Å². The van der Waals surface area contributed by atoms with Gasteiger partial charge in [0, 0.05) is 6.07 Å². The molecule has 0 aromatic carbocycles.